The van der Waals surface area contributed by atoms with Crippen molar-refractivity contribution in [3.05, 3.63) is 76.6 Å². The van der Waals surface area contributed by atoms with Crippen molar-refractivity contribution in [2.75, 3.05) is 5.32 Å². The number of rotatable bonds is 4. The third-order valence-corrected chi connectivity index (χ3v) is 4.77. The van der Waals surface area contributed by atoms with E-state index in [9.17, 15) is 4.79 Å². The molecule has 28 heavy (non-hydrogen) atoms. The van der Waals surface area contributed by atoms with Crippen LogP contribution in [0.5, 0.6) is 0 Å². The minimum atomic E-state index is -0.314. The van der Waals surface area contributed by atoms with E-state index in [4.69, 9.17) is 11.6 Å². The Morgan fingerprint density at radius 1 is 1.14 bits per heavy atom. The molecule has 3 heterocycles. The molecule has 0 aliphatic carbocycles. The molecular formula is C20H17ClN6O. The zero-order valence-corrected chi connectivity index (χ0v) is 16.1. The van der Waals surface area contributed by atoms with Crippen molar-refractivity contribution in [1.82, 2.24) is 24.7 Å². The van der Waals surface area contributed by atoms with Crippen LogP contribution < -0.4 is 5.32 Å². The summed E-state index contributed by atoms with van der Waals surface area (Å²) in [4.78, 5) is 25.3. The Morgan fingerprint density at radius 3 is 2.64 bits per heavy atom. The van der Waals surface area contributed by atoms with Gasteiger partial charge in [0.25, 0.3) is 5.91 Å². The van der Waals surface area contributed by atoms with Gasteiger partial charge < -0.3 is 5.32 Å². The Bertz CT molecular complexity index is 1160. The van der Waals surface area contributed by atoms with E-state index in [1.54, 1.807) is 10.9 Å². The number of halogens is 1. The Labute approximate surface area is 166 Å². The van der Waals surface area contributed by atoms with Gasteiger partial charge in [-0.1, -0.05) is 29.3 Å². The summed E-state index contributed by atoms with van der Waals surface area (Å²) in [6.45, 7) is 4.27. The van der Waals surface area contributed by atoms with E-state index in [-0.39, 0.29) is 5.91 Å². The smallest absolute Gasteiger partial charge is 0.258 e. The topological polar surface area (TPSA) is 85.6 Å². The van der Waals surface area contributed by atoms with Gasteiger partial charge >= 0.3 is 0 Å². The van der Waals surface area contributed by atoms with Crippen LogP contribution >= 0.6 is 11.6 Å². The maximum Gasteiger partial charge on any atom is 0.258 e. The molecule has 0 radical (unpaired) electrons. The van der Waals surface area contributed by atoms with Crippen LogP contribution in [0.25, 0.3) is 11.0 Å². The fourth-order valence-electron chi connectivity index (χ4n) is 2.94. The molecule has 0 saturated heterocycles. The third-order valence-electron chi connectivity index (χ3n) is 4.38. The summed E-state index contributed by atoms with van der Waals surface area (Å²) in [6.07, 6.45) is 4.64. The highest BCUT2D eigenvalue weighted by molar-refractivity contribution is 6.39. The fraction of sp³-hybridized carbons (Fsp3) is 0.150. The summed E-state index contributed by atoms with van der Waals surface area (Å²) in [6, 6.07) is 9.37. The van der Waals surface area contributed by atoms with E-state index < -0.39 is 0 Å². The first-order chi connectivity index (χ1) is 13.5. The normalized spacial score (nSPS) is 11.0. The van der Waals surface area contributed by atoms with Crippen molar-refractivity contribution in [2.24, 2.45) is 0 Å². The Hall–Kier alpha value is -3.32. The van der Waals surface area contributed by atoms with Crippen molar-refractivity contribution >= 4 is 34.2 Å². The first-order valence-electron chi connectivity index (χ1n) is 8.67. The summed E-state index contributed by atoms with van der Waals surface area (Å²) < 4.78 is 1.72. The van der Waals surface area contributed by atoms with E-state index in [1.807, 2.05) is 44.2 Å². The van der Waals surface area contributed by atoms with Gasteiger partial charge in [0.05, 0.1) is 33.9 Å². The van der Waals surface area contributed by atoms with Crippen molar-refractivity contribution in [3.8, 4) is 0 Å². The van der Waals surface area contributed by atoms with E-state index >= 15 is 0 Å². The molecule has 0 aliphatic rings. The lowest BCUT2D eigenvalue weighted by molar-refractivity contribution is 0.102. The number of fused-ring (bicyclic) bond motifs is 1. The van der Waals surface area contributed by atoms with Crippen LogP contribution in [-0.2, 0) is 6.54 Å². The van der Waals surface area contributed by atoms with Gasteiger partial charge in [0.15, 0.2) is 5.65 Å². The van der Waals surface area contributed by atoms with Gasteiger partial charge in [-0.05, 0) is 32.0 Å². The zero-order valence-electron chi connectivity index (χ0n) is 15.3. The number of benzene rings is 1. The average molecular weight is 393 g/mol. The van der Waals surface area contributed by atoms with Crippen LogP contribution in [0.3, 0.4) is 0 Å². The highest BCUT2D eigenvalue weighted by Gasteiger charge is 2.19. The molecule has 1 N–H and O–H groups in total. The molecule has 3 aromatic heterocycles. The summed E-state index contributed by atoms with van der Waals surface area (Å²) >= 11 is 6.57. The molecule has 0 aliphatic heterocycles. The molecule has 0 bridgehead atoms. The van der Waals surface area contributed by atoms with Crippen LogP contribution in [0.4, 0.5) is 5.69 Å². The number of nitrogens with zero attached hydrogens (tertiary/aromatic N) is 5. The van der Waals surface area contributed by atoms with Crippen molar-refractivity contribution in [2.45, 2.75) is 20.4 Å². The summed E-state index contributed by atoms with van der Waals surface area (Å²) in [7, 11) is 0. The SMILES string of the molecule is Cc1ccc(NC(=O)c2cnc3c(c(C)nn3Cc3ccncn3)c2Cl)cc1. The van der Waals surface area contributed by atoms with Gasteiger partial charge in [-0.3, -0.25) is 4.79 Å². The zero-order chi connectivity index (χ0) is 19.7. The number of pyridine rings is 1. The predicted octanol–water partition coefficient (Wildman–Crippen LogP) is 3.79. The number of carbonyl (C=O) groups is 1. The average Bonchev–Trinajstić information content (AvgIpc) is 3.01. The van der Waals surface area contributed by atoms with Gasteiger partial charge in [0.2, 0.25) is 0 Å². The number of aryl methyl sites for hydroxylation is 2. The standard InChI is InChI=1S/C20H17ClN6O/c1-12-3-5-14(6-4-12)25-20(28)16-9-23-19-17(18(16)21)13(2)26-27(19)10-15-7-8-22-11-24-15/h3-9,11H,10H2,1-2H3,(H,25,28). The number of carbonyl (C=O) groups excluding carboxylic acids is 1. The molecule has 0 spiro atoms. The maximum absolute atomic E-state index is 12.7. The molecule has 140 valence electrons. The molecule has 0 fully saturated rings. The van der Waals surface area contributed by atoms with Gasteiger partial charge in [0, 0.05) is 18.1 Å². The second-order valence-corrected chi connectivity index (χ2v) is 6.83. The third kappa shape index (κ3) is 3.44. The highest BCUT2D eigenvalue weighted by Crippen LogP contribution is 2.29. The van der Waals surface area contributed by atoms with Gasteiger partial charge in [-0.15, -0.1) is 0 Å². The lowest BCUT2D eigenvalue weighted by atomic mass is 10.2. The highest BCUT2D eigenvalue weighted by atomic mass is 35.5. The second-order valence-electron chi connectivity index (χ2n) is 6.45. The number of amides is 1. The number of hydrogen-bond acceptors (Lipinski definition) is 5. The molecular weight excluding hydrogens is 376 g/mol. The van der Waals surface area contributed by atoms with E-state index in [0.717, 1.165) is 11.3 Å². The molecule has 1 aromatic carbocycles. The first kappa shape index (κ1) is 18.1. The number of nitrogens with one attached hydrogen (secondary N) is 1. The van der Waals surface area contributed by atoms with Gasteiger partial charge in [0.1, 0.15) is 6.33 Å². The lowest BCUT2D eigenvalue weighted by Gasteiger charge is -2.08. The van der Waals surface area contributed by atoms with E-state index in [0.29, 0.717) is 39.5 Å². The minimum Gasteiger partial charge on any atom is -0.322 e. The van der Waals surface area contributed by atoms with Crippen LogP contribution in [0, 0.1) is 13.8 Å². The van der Waals surface area contributed by atoms with E-state index in [2.05, 4.69) is 25.4 Å². The summed E-state index contributed by atoms with van der Waals surface area (Å²) in [5.41, 5.74) is 4.23. The number of aromatic nitrogens is 5. The summed E-state index contributed by atoms with van der Waals surface area (Å²) in [5, 5.41) is 8.36. The van der Waals surface area contributed by atoms with Crippen LogP contribution in [-0.4, -0.2) is 30.6 Å². The maximum atomic E-state index is 12.7. The Kier molecular flexibility index (Phi) is 4.75. The molecule has 7 nitrogen and oxygen atoms in total. The molecule has 0 saturated carbocycles. The van der Waals surface area contributed by atoms with Crippen molar-refractivity contribution in [3.63, 3.8) is 0 Å². The lowest BCUT2D eigenvalue weighted by Crippen LogP contribution is -2.13. The van der Waals surface area contributed by atoms with Crippen molar-refractivity contribution in [1.29, 1.82) is 0 Å². The minimum absolute atomic E-state index is 0.305. The molecule has 0 atom stereocenters. The largest absolute Gasteiger partial charge is 0.322 e. The quantitative estimate of drug-likeness (QED) is 0.571. The Morgan fingerprint density at radius 2 is 1.93 bits per heavy atom. The molecule has 4 aromatic rings. The van der Waals surface area contributed by atoms with Gasteiger partial charge in [-0.2, -0.15) is 5.10 Å². The Balaban J connectivity index is 1.68. The summed E-state index contributed by atoms with van der Waals surface area (Å²) in [5.74, 6) is -0.314. The molecule has 8 heteroatoms. The molecule has 1 amide bonds. The number of hydrogen-bond donors (Lipinski definition) is 1. The van der Waals surface area contributed by atoms with Gasteiger partial charge in [-0.25, -0.2) is 19.6 Å². The van der Waals surface area contributed by atoms with Crippen molar-refractivity contribution < 1.29 is 4.79 Å². The first-order valence-corrected chi connectivity index (χ1v) is 9.05. The molecule has 0 unspecified atom stereocenters. The van der Waals surface area contributed by atoms with Crippen LogP contribution in [0.2, 0.25) is 5.02 Å². The second kappa shape index (κ2) is 7.36. The fourth-order valence-corrected chi connectivity index (χ4v) is 3.30. The monoisotopic (exact) mass is 392 g/mol. The van der Waals surface area contributed by atoms with E-state index in [1.165, 1.54) is 12.5 Å². The van der Waals surface area contributed by atoms with Crippen LogP contribution in [0.1, 0.15) is 27.3 Å². The number of anilines is 1. The molecule has 4 rings (SSSR count). The predicted molar refractivity (Wildman–Crippen MR) is 108 cm³/mol. The van der Waals surface area contributed by atoms with Crippen LogP contribution in [0.15, 0.2) is 49.1 Å².